The van der Waals surface area contributed by atoms with Gasteiger partial charge in [-0.25, -0.2) is 0 Å². The number of carbonyl (C=O) groups is 1. The van der Waals surface area contributed by atoms with Crippen LogP contribution in [0.5, 0.6) is 11.5 Å². The molecule has 0 fully saturated rings. The van der Waals surface area contributed by atoms with E-state index in [0.29, 0.717) is 36.8 Å². The number of halogens is 1. The molecule has 32 heavy (non-hydrogen) atoms. The number of likely N-dealkylation sites (N-methyl/N-ethyl adjacent to an activating group) is 1. The van der Waals surface area contributed by atoms with Gasteiger partial charge >= 0.3 is 0 Å². The zero-order chi connectivity index (χ0) is 22.7. The highest BCUT2D eigenvalue weighted by Gasteiger charge is 2.31. The van der Waals surface area contributed by atoms with E-state index in [9.17, 15) is 4.79 Å². The van der Waals surface area contributed by atoms with Crippen molar-refractivity contribution in [1.29, 1.82) is 0 Å². The third-order valence-electron chi connectivity index (χ3n) is 5.45. The molecule has 0 bridgehead atoms. The summed E-state index contributed by atoms with van der Waals surface area (Å²) >= 11 is 3.66. The summed E-state index contributed by atoms with van der Waals surface area (Å²) in [5.74, 6) is 1.33. The van der Waals surface area contributed by atoms with Crippen LogP contribution in [0.1, 0.15) is 36.1 Å². The molecule has 3 aromatic rings. The van der Waals surface area contributed by atoms with Crippen molar-refractivity contribution in [3.63, 3.8) is 0 Å². The Labute approximate surface area is 197 Å². The quantitative estimate of drug-likeness (QED) is 0.347. The molecule has 164 valence electrons. The third-order valence-corrected chi connectivity index (χ3v) is 6.14. The number of benzene rings is 3. The van der Waals surface area contributed by atoms with Crippen LogP contribution in [0.15, 0.2) is 65.1 Å². The first-order valence-electron chi connectivity index (χ1n) is 10.8. The zero-order valence-electron chi connectivity index (χ0n) is 18.5. The lowest BCUT2D eigenvalue weighted by Gasteiger charge is -2.15. The lowest BCUT2D eigenvalue weighted by Crippen LogP contribution is -2.25. The molecule has 1 heterocycles. The molecule has 0 unspecified atom stereocenters. The Kier molecular flexibility index (Phi) is 6.66. The molecule has 3 aromatic carbocycles. The average Bonchev–Trinajstić information content (AvgIpc) is 3.06. The van der Waals surface area contributed by atoms with E-state index in [2.05, 4.69) is 47.1 Å². The van der Waals surface area contributed by atoms with Gasteiger partial charge in [0, 0.05) is 22.2 Å². The van der Waals surface area contributed by atoms with Crippen molar-refractivity contribution >= 4 is 39.2 Å². The lowest BCUT2D eigenvalue weighted by atomic mass is 10.0. The van der Waals surface area contributed by atoms with Crippen LogP contribution in [0.4, 0.5) is 5.69 Å². The minimum Gasteiger partial charge on any atom is -0.490 e. The highest BCUT2D eigenvalue weighted by molar-refractivity contribution is 9.10. The first-order valence-corrected chi connectivity index (χ1v) is 11.6. The summed E-state index contributed by atoms with van der Waals surface area (Å²) in [7, 11) is 0. The maximum Gasteiger partial charge on any atom is 0.258 e. The number of nitrogens with zero attached hydrogens (tertiary/aromatic N) is 1. The highest BCUT2D eigenvalue weighted by atomic mass is 79.9. The van der Waals surface area contributed by atoms with Crippen LogP contribution < -0.4 is 14.4 Å². The van der Waals surface area contributed by atoms with Gasteiger partial charge in [-0.3, -0.25) is 4.79 Å². The zero-order valence-corrected chi connectivity index (χ0v) is 20.1. The molecule has 5 heteroatoms. The normalized spacial score (nSPS) is 14.1. The monoisotopic (exact) mass is 491 g/mol. The van der Waals surface area contributed by atoms with Gasteiger partial charge in [-0.2, -0.15) is 0 Å². The van der Waals surface area contributed by atoms with Gasteiger partial charge in [-0.1, -0.05) is 64.0 Å². The number of hydrogen-bond acceptors (Lipinski definition) is 3. The molecular weight excluding hydrogens is 466 g/mol. The van der Waals surface area contributed by atoms with Gasteiger partial charge in [0.1, 0.15) is 6.61 Å². The number of amides is 1. The van der Waals surface area contributed by atoms with Gasteiger partial charge in [0.25, 0.3) is 5.91 Å². The molecule has 1 aliphatic rings. The van der Waals surface area contributed by atoms with Crippen molar-refractivity contribution in [2.45, 2.75) is 27.4 Å². The minimum atomic E-state index is 0.0123. The van der Waals surface area contributed by atoms with Crippen molar-refractivity contribution in [2.24, 2.45) is 0 Å². The molecule has 1 aliphatic heterocycles. The van der Waals surface area contributed by atoms with Crippen LogP contribution >= 0.6 is 15.9 Å². The first-order chi connectivity index (χ1) is 15.5. The van der Waals surface area contributed by atoms with Gasteiger partial charge in [-0.05, 0) is 56.2 Å². The number of rotatable bonds is 7. The van der Waals surface area contributed by atoms with Crippen molar-refractivity contribution in [1.82, 2.24) is 0 Å². The average molecular weight is 492 g/mol. The largest absolute Gasteiger partial charge is 0.490 e. The summed E-state index contributed by atoms with van der Waals surface area (Å²) in [6, 6.07) is 20.0. The van der Waals surface area contributed by atoms with Crippen LogP contribution in [-0.4, -0.2) is 19.1 Å². The fourth-order valence-electron chi connectivity index (χ4n) is 3.80. The Morgan fingerprint density at radius 1 is 0.969 bits per heavy atom. The number of ether oxygens (including phenoxy) is 2. The van der Waals surface area contributed by atoms with E-state index in [4.69, 9.17) is 9.47 Å². The van der Waals surface area contributed by atoms with Gasteiger partial charge in [-0.15, -0.1) is 0 Å². The van der Waals surface area contributed by atoms with E-state index in [-0.39, 0.29) is 5.91 Å². The van der Waals surface area contributed by atoms with E-state index >= 15 is 0 Å². The second-order valence-electron chi connectivity index (χ2n) is 7.65. The Bertz CT molecular complexity index is 1170. The molecule has 0 aromatic heterocycles. The van der Waals surface area contributed by atoms with E-state index in [1.54, 1.807) is 4.90 Å². The number of aryl methyl sites for hydroxylation is 1. The second kappa shape index (κ2) is 9.61. The summed E-state index contributed by atoms with van der Waals surface area (Å²) in [6.07, 6.45) is 1.92. The van der Waals surface area contributed by atoms with Crippen LogP contribution in [0.2, 0.25) is 0 Å². The standard InChI is InChI=1S/C27H26BrNO3/c1-4-29-24-9-7-6-8-21(24)22(27(29)30)14-20-15-25(31-5-2)26(16-23(20)28)32-17-19-12-10-18(3)11-13-19/h6-16H,4-5,17H2,1-3H3/b22-14-. The Morgan fingerprint density at radius 2 is 1.69 bits per heavy atom. The van der Waals surface area contributed by atoms with Crippen LogP contribution in [0.3, 0.4) is 0 Å². The number of carbonyl (C=O) groups excluding carboxylic acids is 1. The van der Waals surface area contributed by atoms with Crippen molar-refractivity contribution in [2.75, 3.05) is 18.1 Å². The van der Waals surface area contributed by atoms with Crippen LogP contribution in [0, 0.1) is 6.92 Å². The van der Waals surface area contributed by atoms with Crippen LogP contribution in [0.25, 0.3) is 11.6 Å². The van der Waals surface area contributed by atoms with Gasteiger partial charge in [0.2, 0.25) is 0 Å². The maximum atomic E-state index is 13.1. The van der Waals surface area contributed by atoms with Gasteiger partial charge in [0.05, 0.1) is 12.3 Å². The van der Waals surface area contributed by atoms with Crippen molar-refractivity contribution in [3.8, 4) is 11.5 Å². The molecule has 0 atom stereocenters. The summed E-state index contributed by atoms with van der Waals surface area (Å²) in [5, 5.41) is 0. The fraction of sp³-hybridized carbons (Fsp3) is 0.222. The summed E-state index contributed by atoms with van der Waals surface area (Å²) in [4.78, 5) is 14.9. The molecule has 0 N–H and O–H groups in total. The summed E-state index contributed by atoms with van der Waals surface area (Å²) < 4.78 is 12.8. The topological polar surface area (TPSA) is 38.8 Å². The highest BCUT2D eigenvalue weighted by Crippen LogP contribution is 2.40. The Hall–Kier alpha value is -3.05. The predicted octanol–water partition coefficient (Wildman–Crippen LogP) is 6.64. The minimum absolute atomic E-state index is 0.0123. The number of hydrogen-bond donors (Lipinski definition) is 0. The van der Waals surface area contributed by atoms with Crippen molar-refractivity contribution < 1.29 is 14.3 Å². The third kappa shape index (κ3) is 4.44. The molecular formula is C27H26BrNO3. The maximum absolute atomic E-state index is 13.1. The second-order valence-corrected chi connectivity index (χ2v) is 8.51. The van der Waals surface area contributed by atoms with Gasteiger partial charge in [0.15, 0.2) is 11.5 Å². The van der Waals surface area contributed by atoms with Gasteiger partial charge < -0.3 is 14.4 Å². The van der Waals surface area contributed by atoms with E-state index in [0.717, 1.165) is 26.9 Å². The SMILES string of the molecule is CCOc1cc(/C=C2\C(=O)N(CC)c3ccccc32)c(Br)cc1OCc1ccc(C)cc1. The molecule has 4 rings (SSSR count). The Morgan fingerprint density at radius 3 is 2.41 bits per heavy atom. The molecule has 0 spiro atoms. The van der Waals surface area contributed by atoms with Crippen molar-refractivity contribution in [3.05, 3.63) is 87.4 Å². The molecule has 1 amide bonds. The smallest absolute Gasteiger partial charge is 0.258 e. The molecule has 0 radical (unpaired) electrons. The summed E-state index contributed by atoms with van der Waals surface area (Å²) in [5.41, 5.74) is 5.75. The molecule has 0 saturated heterocycles. The van der Waals surface area contributed by atoms with E-state index in [1.807, 2.05) is 56.3 Å². The first kappa shape index (κ1) is 22.2. The molecule has 0 aliphatic carbocycles. The number of fused-ring (bicyclic) bond motifs is 1. The molecule has 0 saturated carbocycles. The Balaban J connectivity index is 1.67. The predicted molar refractivity (Wildman–Crippen MR) is 133 cm³/mol. The fourth-order valence-corrected chi connectivity index (χ4v) is 4.24. The number of para-hydroxylation sites is 1. The van der Waals surface area contributed by atoms with E-state index in [1.165, 1.54) is 5.56 Å². The lowest BCUT2D eigenvalue weighted by molar-refractivity contribution is -0.112. The van der Waals surface area contributed by atoms with Crippen LogP contribution in [-0.2, 0) is 11.4 Å². The summed E-state index contributed by atoms with van der Waals surface area (Å²) in [6.45, 7) is 7.59. The molecule has 4 nitrogen and oxygen atoms in total. The van der Waals surface area contributed by atoms with E-state index < -0.39 is 0 Å². The number of anilines is 1.